The molecule has 1 rings (SSSR count). The van der Waals surface area contributed by atoms with E-state index in [1.54, 1.807) is 6.92 Å². The van der Waals surface area contributed by atoms with Crippen molar-refractivity contribution >= 4 is 12.6 Å². The molecule has 10 heavy (non-hydrogen) atoms. The summed E-state index contributed by atoms with van der Waals surface area (Å²) in [4.78, 5) is 0. The maximum Gasteiger partial charge on any atom is 0.0974 e. The maximum absolute atomic E-state index is 9.10. The van der Waals surface area contributed by atoms with Crippen molar-refractivity contribution in [3.63, 3.8) is 0 Å². The van der Waals surface area contributed by atoms with Crippen LogP contribution in [0.2, 0.25) is 0 Å². The van der Waals surface area contributed by atoms with Crippen LogP contribution >= 0.6 is 12.6 Å². The quantitative estimate of drug-likeness (QED) is 0.455. The van der Waals surface area contributed by atoms with Crippen LogP contribution in [0.25, 0.3) is 0 Å². The van der Waals surface area contributed by atoms with E-state index >= 15 is 0 Å². The van der Waals surface area contributed by atoms with Crippen molar-refractivity contribution in [1.82, 2.24) is 0 Å². The molecule has 3 nitrogen and oxygen atoms in total. The molecule has 0 bridgehead atoms. The number of aliphatic hydroxyl groups is 2. The molecule has 0 aromatic carbocycles. The predicted molar refractivity (Wildman–Crippen MR) is 40.2 cm³/mol. The number of aliphatic hydroxyl groups excluding tert-OH is 2. The summed E-state index contributed by atoms with van der Waals surface area (Å²) < 4.78 is 5.06. The number of hydrogen-bond donors (Lipinski definition) is 3. The number of rotatable bonds is 1. The van der Waals surface area contributed by atoms with E-state index in [0.29, 0.717) is 0 Å². The summed E-state index contributed by atoms with van der Waals surface area (Å²) in [7, 11) is 0. The van der Waals surface area contributed by atoms with E-state index < -0.39 is 12.2 Å². The number of hydrogen-bond acceptors (Lipinski definition) is 4. The van der Waals surface area contributed by atoms with Crippen LogP contribution in [-0.2, 0) is 4.74 Å². The summed E-state index contributed by atoms with van der Waals surface area (Å²) >= 11 is 4.09. The largest absolute Gasteiger partial charge is 0.391 e. The van der Waals surface area contributed by atoms with Crippen molar-refractivity contribution in [1.29, 1.82) is 0 Å². The third-order valence-corrected chi connectivity index (χ3v) is 2.30. The first kappa shape index (κ1) is 8.33. The van der Waals surface area contributed by atoms with Crippen LogP contribution in [0.1, 0.15) is 6.92 Å². The molecule has 0 spiro atoms. The summed E-state index contributed by atoms with van der Waals surface area (Å²) in [5.74, 6) is 0. The average Bonchev–Trinajstić information content (AvgIpc) is 2.14. The van der Waals surface area contributed by atoms with Gasteiger partial charge in [0, 0.05) is 0 Å². The van der Waals surface area contributed by atoms with E-state index in [9.17, 15) is 0 Å². The number of thiol groups is 1. The Morgan fingerprint density at radius 2 is 2.30 bits per heavy atom. The predicted octanol–water partition coefficient (Wildman–Crippen LogP) is -0.575. The van der Waals surface area contributed by atoms with Gasteiger partial charge in [0.15, 0.2) is 0 Å². The van der Waals surface area contributed by atoms with Crippen molar-refractivity contribution in [2.24, 2.45) is 0 Å². The second-order valence-electron chi connectivity index (χ2n) is 2.60. The van der Waals surface area contributed by atoms with Crippen LogP contribution < -0.4 is 0 Å². The Morgan fingerprint density at radius 3 is 2.50 bits per heavy atom. The lowest BCUT2D eigenvalue weighted by Gasteiger charge is -2.17. The van der Waals surface area contributed by atoms with Gasteiger partial charge in [-0.3, -0.25) is 0 Å². The van der Waals surface area contributed by atoms with Crippen molar-refractivity contribution in [3.05, 3.63) is 0 Å². The van der Waals surface area contributed by atoms with Gasteiger partial charge in [0.1, 0.15) is 0 Å². The first-order valence-electron chi connectivity index (χ1n) is 3.28. The standard InChI is InChI=1S/C6H12O3S/c1-3(7)5-6(10)4(8)2-9-5/h3-8,10H,2H2,1H3/t3?,4-,5+,6?/m0/s1. The lowest BCUT2D eigenvalue weighted by molar-refractivity contribution is 0.00774. The Bertz CT molecular complexity index is 118. The zero-order valence-electron chi connectivity index (χ0n) is 5.77. The lowest BCUT2D eigenvalue weighted by atomic mass is 10.1. The first-order chi connectivity index (χ1) is 4.63. The van der Waals surface area contributed by atoms with Crippen molar-refractivity contribution < 1.29 is 14.9 Å². The molecule has 1 fully saturated rings. The topological polar surface area (TPSA) is 49.7 Å². The summed E-state index contributed by atoms with van der Waals surface area (Å²) in [6, 6.07) is 0. The van der Waals surface area contributed by atoms with E-state index in [1.165, 1.54) is 0 Å². The third-order valence-electron chi connectivity index (χ3n) is 1.67. The van der Waals surface area contributed by atoms with E-state index in [0.717, 1.165) is 0 Å². The zero-order valence-corrected chi connectivity index (χ0v) is 6.66. The van der Waals surface area contributed by atoms with E-state index in [1.807, 2.05) is 0 Å². The Kier molecular flexibility index (Phi) is 2.57. The molecule has 4 atom stereocenters. The molecule has 0 saturated carbocycles. The molecule has 0 aromatic rings. The van der Waals surface area contributed by atoms with Crippen LogP contribution in [0.5, 0.6) is 0 Å². The Labute approximate surface area is 65.4 Å². The van der Waals surface area contributed by atoms with E-state index in [-0.39, 0.29) is 18.0 Å². The highest BCUT2D eigenvalue weighted by Gasteiger charge is 2.36. The fourth-order valence-electron chi connectivity index (χ4n) is 1.05. The molecule has 0 amide bonds. The third kappa shape index (κ3) is 1.45. The zero-order chi connectivity index (χ0) is 7.72. The van der Waals surface area contributed by atoms with Crippen molar-refractivity contribution in [2.75, 3.05) is 6.61 Å². The first-order valence-corrected chi connectivity index (χ1v) is 3.80. The molecular weight excluding hydrogens is 152 g/mol. The second-order valence-corrected chi connectivity index (χ2v) is 3.19. The molecule has 1 aliphatic rings. The molecule has 0 aliphatic carbocycles. The molecule has 60 valence electrons. The Hall–Kier alpha value is 0.230. The lowest BCUT2D eigenvalue weighted by Crippen LogP contribution is -2.33. The molecule has 2 N–H and O–H groups in total. The monoisotopic (exact) mass is 164 g/mol. The van der Waals surface area contributed by atoms with Gasteiger partial charge < -0.3 is 14.9 Å². The molecule has 0 radical (unpaired) electrons. The fraction of sp³-hybridized carbons (Fsp3) is 1.00. The summed E-state index contributed by atoms with van der Waals surface area (Å²) in [5, 5.41) is 17.9. The minimum Gasteiger partial charge on any atom is -0.391 e. The van der Waals surface area contributed by atoms with Crippen LogP contribution in [0, 0.1) is 0 Å². The molecule has 4 heteroatoms. The Morgan fingerprint density at radius 1 is 1.70 bits per heavy atom. The van der Waals surface area contributed by atoms with Gasteiger partial charge in [-0.25, -0.2) is 0 Å². The van der Waals surface area contributed by atoms with Crippen molar-refractivity contribution in [2.45, 2.75) is 30.5 Å². The van der Waals surface area contributed by atoms with Gasteiger partial charge >= 0.3 is 0 Å². The van der Waals surface area contributed by atoms with Gasteiger partial charge in [-0.15, -0.1) is 0 Å². The van der Waals surface area contributed by atoms with Crippen molar-refractivity contribution in [3.8, 4) is 0 Å². The van der Waals surface area contributed by atoms with Gasteiger partial charge in [-0.2, -0.15) is 12.6 Å². The minimum atomic E-state index is -0.556. The molecule has 1 aliphatic heterocycles. The minimum absolute atomic E-state index is 0.250. The van der Waals surface area contributed by atoms with Crippen LogP contribution in [0.3, 0.4) is 0 Å². The van der Waals surface area contributed by atoms with Crippen LogP contribution in [-0.4, -0.2) is 40.4 Å². The summed E-state index contributed by atoms with van der Waals surface area (Å²) in [6.07, 6.45) is -1.42. The van der Waals surface area contributed by atoms with Gasteiger partial charge in [0.25, 0.3) is 0 Å². The smallest absolute Gasteiger partial charge is 0.0974 e. The molecule has 0 aromatic heterocycles. The normalized spacial score (nSPS) is 43.8. The summed E-state index contributed by atoms with van der Waals surface area (Å²) in [5.41, 5.74) is 0. The van der Waals surface area contributed by atoms with Gasteiger partial charge in [0.05, 0.1) is 30.2 Å². The van der Waals surface area contributed by atoms with Gasteiger partial charge in [-0.1, -0.05) is 0 Å². The van der Waals surface area contributed by atoms with Crippen LogP contribution in [0.15, 0.2) is 0 Å². The second kappa shape index (κ2) is 3.09. The average molecular weight is 164 g/mol. The Balaban J connectivity index is 2.49. The molecule has 2 unspecified atom stereocenters. The maximum atomic E-state index is 9.10. The highest BCUT2D eigenvalue weighted by atomic mass is 32.1. The highest BCUT2D eigenvalue weighted by molar-refractivity contribution is 7.81. The number of ether oxygens (including phenoxy) is 1. The fourth-order valence-corrected chi connectivity index (χ4v) is 1.47. The summed E-state index contributed by atoms with van der Waals surface area (Å²) in [6.45, 7) is 1.91. The highest BCUT2D eigenvalue weighted by Crippen LogP contribution is 2.21. The van der Waals surface area contributed by atoms with Crippen LogP contribution in [0.4, 0.5) is 0 Å². The molecule has 1 heterocycles. The molecule has 1 saturated heterocycles. The van der Waals surface area contributed by atoms with Gasteiger partial charge in [0.2, 0.25) is 0 Å². The SMILES string of the molecule is CC(O)[C@H]1OC[C@H](O)C1S. The van der Waals surface area contributed by atoms with Gasteiger partial charge in [-0.05, 0) is 6.92 Å². The van der Waals surface area contributed by atoms with E-state index in [2.05, 4.69) is 12.6 Å². The molecular formula is C6H12O3S. The van der Waals surface area contributed by atoms with E-state index in [4.69, 9.17) is 14.9 Å².